The van der Waals surface area contributed by atoms with Gasteiger partial charge in [0.2, 0.25) is 11.8 Å². The first-order chi connectivity index (χ1) is 19.8. The summed E-state index contributed by atoms with van der Waals surface area (Å²) in [4.78, 5) is 84.2. The summed E-state index contributed by atoms with van der Waals surface area (Å²) in [6.45, 7) is 1.89. The second kappa shape index (κ2) is 10.5. The number of aromatic hydroxyl groups is 1. The number of nitrogens with zero attached hydrogens (tertiary/aromatic N) is 2. The van der Waals surface area contributed by atoms with Gasteiger partial charge in [0, 0.05) is 24.1 Å². The van der Waals surface area contributed by atoms with Crippen LogP contribution in [0.25, 0.3) is 11.1 Å². The maximum atomic E-state index is 13.9. The van der Waals surface area contributed by atoms with Crippen molar-refractivity contribution in [3.63, 3.8) is 0 Å². The molecule has 0 aliphatic heterocycles. The Morgan fingerprint density at radius 1 is 1.12 bits per heavy atom. The standard InChI is InChI=1S/C30H32N4O8/c1-4-5-20(36)33-19-9-6-13(12-32-19)15-7-8-18(35)22-16(15)10-14-11-17-24(34(2)3)26(38)23(29(31)41)28(40)30(17,42)27(39)21(14)25(22)37/h6-9,12,14,17,21,23-24,35,42H,4-5,10-11H2,1-3H3,(H2,31,41)(H,32,33,36)/t14-,17-,21?,23?,24?,30+/m0/s1. The fourth-order valence-electron chi connectivity index (χ4n) is 6.93. The summed E-state index contributed by atoms with van der Waals surface area (Å²) in [6.07, 6.45) is 2.65. The highest BCUT2D eigenvalue weighted by Crippen LogP contribution is 2.51. The maximum absolute atomic E-state index is 13.9. The molecule has 12 nitrogen and oxygen atoms in total. The van der Waals surface area contributed by atoms with Crippen LogP contribution < -0.4 is 11.1 Å². The number of anilines is 1. The van der Waals surface area contributed by atoms with E-state index >= 15 is 0 Å². The van der Waals surface area contributed by atoms with E-state index in [9.17, 15) is 39.0 Å². The number of phenolic OH excluding ortho intramolecular Hbond substituents is 1. The van der Waals surface area contributed by atoms with E-state index in [1.54, 1.807) is 18.2 Å². The zero-order valence-electron chi connectivity index (χ0n) is 23.4. The molecule has 3 aliphatic rings. The summed E-state index contributed by atoms with van der Waals surface area (Å²) in [5, 5.41) is 25.1. The first-order valence-corrected chi connectivity index (χ1v) is 13.8. The number of fused-ring (bicyclic) bond motifs is 3. The molecule has 1 heterocycles. The van der Waals surface area contributed by atoms with Gasteiger partial charge in [0.05, 0.1) is 17.5 Å². The Morgan fingerprint density at radius 3 is 2.43 bits per heavy atom. The summed E-state index contributed by atoms with van der Waals surface area (Å²) in [5.74, 6) is -10.8. The summed E-state index contributed by atoms with van der Waals surface area (Å²) in [6, 6.07) is 5.12. The zero-order chi connectivity index (χ0) is 30.7. The Balaban J connectivity index is 1.56. The van der Waals surface area contributed by atoms with Crippen molar-refractivity contribution in [3.05, 3.63) is 41.6 Å². The van der Waals surface area contributed by atoms with Crippen LogP contribution in [-0.4, -0.2) is 80.8 Å². The van der Waals surface area contributed by atoms with E-state index in [1.807, 2.05) is 6.92 Å². The molecule has 0 bridgehead atoms. The highest BCUT2D eigenvalue weighted by atomic mass is 16.3. The van der Waals surface area contributed by atoms with Gasteiger partial charge in [-0.1, -0.05) is 13.0 Å². The van der Waals surface area contributed by atoms with Gasteiger partial charge in [0.25, 0.3) is 0 Å². The number of hydrogen-bond donors (Lipinski definition) is 4. The molecular formula is C30H32N4O8. The third-order valence-corrected chi connectivity index (χ3v) is 8.76. The summed E-state index contributed by atoms with van der Waals surface area (Å²) in [5.41, 5.74) is 4.13. The predicted molar refractivity (Wildman–Crippen MR) is 148 cm³/mol. The number of ketones is 4. The molecule has 2 amide bonds. The monoisotopic (exact) mass is 576 g/mol. The number of aromatic nitrogens is 1. The lowest BCUT2D eigenvalue weighted by atomic mass is 9.52. The maximum Gasteiger partial charge on any atom is 0.235 e. The van der Waals surface area contributed by atoms with Crippen molar-refractivity contribution >= 4 is 40.8 Å². The molecule has 2 fully saturated rings. The van der Waals surface area contributed by atoms with E-state index < -0.39 is 64.4 Å². The Hall–Kier alpha value is -4.29. The molecule has 0 saturated heterocycles. The predicted octanol–water partition coefficient (Wildman–Crippen LogP) is 0.668. The number of rotatable bonds is 6. The van der Waals surface area contributed by atoms with Crippen LogP contribution in [0.4, 0.5) is 5.82 Å². The Kier molecular flexibility index (Phi) is 7.32. The van der Waals surface area contributed by atoms with Crippen molar-refractivity contribution in [2.45, 2.75) is 44.2 Å². The van der Waals surface area contributed by atoms with Crippen LogP contribution in [0.3, 0.4) is 0 Å². The fourth-order valence-corrected chi connectivity index (χ4v) is 6.93. The van der Waals surface area contributed by atoms with Gasteiger partial charge in [-0.2, -0.15) is 0 Å². The van der Waals surface area contributed by atoms with E-state index in [4.69, 9.17) is 5.73 Å². The number of carbonyl (C=O) groups excluding carboxylic acids is 6. The lowest BCUT2D eigenvalue weighted by molar-refractivity contribution is -0.181. The smallest absolute Gasteiger partial charge is 0.235 e. The Bertz CT molecular complexity index is 1530. The molecule has 0 spiro atoms. The number of amides is 2. The van der Waals surface area contributed by atoms with Crippen LogP contribution in [0, 0.1) is 23.7 Å². The Labute approximate surface area is 241 Å². The summed E-state index contributed by atoms with van der Waals surface area (Å²) in [7, 11) is 3.07. The third-order valence-electron chi connectivity index (χ3n) is 8.76. The van der Waals surface area contributed by atoms with Gasteiger partial charge in [-0.3, -0.25) is 33.7 Å². The molecule has 220 valence electrons. The van der Waals surface area contributed by atoms with Gasteiger partial charge in [-0.15, -0.1) is 0 Å². The number of likely N-dealkylation sites (N-methyl/N-ethyl adjacent to an activating group) is 1. The molecule has 5 rings (SSSR count). The minimum absolute atomic E-state index is 0.0420. The summed E-state index contributed by atoms with van der Waals surface area (Å²) < 4.78 is 0. The molecule has 6 atom stereocenters. The Morgan fingerprint density at radius 2 is 1.83 bits per heavy atom. The SMILES string of the molecule is CCCC(=O)Nc1ccc(-c2ccc(O)c3c2C[C@H]2C[C@H]4C(N(C)C)C(=O)C(C(N)=O)C(=O)[C@]4(O)C(=O)C2C3=O)cn1. The second-order valence-corrected chi connectivity index (χ2v) is 11.5. The average molecular weight is 577 g/mol. The van der Waals surface area contributed by atoms with Crippen molar-refractivity contribution in [1.82, 2.24) is 9.88 Å². The summed E-state index contributed by atoms with van der Waals surface area (Å²) >= 11 is 0. The molecule has 3 unspecified atom stereocenters. The molecule has 42 heavy (non-hydrogen) atoms. The van der Waals surface area contributed by atoms with E-state index in [0.29, 0.717) is 35.3 Å². The van der Waals surface area contributed by atoms with Crippen LogP contribution >= 0.6 is 0 Å². The molecule has 5 N–H and O–H groups in total. The van der Waals surface area contributed by atoms with Gasteiger partial charge in [-0.25, -0.2) is 4.98 Å². The lowest BCUT2D eigenvalue weighted by Gasteiger charge is -2.52. The van der Waals surface area contributed by atoms with Crippen LogP contribution in [0.2, 0.25) is 0 Å². The van der Waals surface area contributed by atoms with Crippen molar-refractivity contribution in [1.29, 1.82) is 0 Å². The highest BCUT2D eigenvalue weighted by Gasteiger charge is 2.69. The molecule has 0 radical (unpaired) electrons. The number of nitrogens with two attached hydrogens (primary N) is 1. The number of carbonyl (C=O) groups is 6. The van der Waals surface area contributed by atoms with Crippen molar-refractivity contribution < 1.29 is 39.0 Å². The number of benzene rings is 1. The number of phenols is 1. The van der Waals surface area contributed by atoms with Crippen molar-refractivity contribution in [2.75, 3.05) is 19.4 Å². The number of primary amides is 1. The van der Waals surface area contributed by atoms with E-state index in [1.165, 1.54) is 31.3 Å². The second-order valence-electron chi connectivity index (χ2n) is 11.5. The normalized spacial score (nSPS) is 28.6. The number of aliphatic hydroxyl groups is 1. The van der Waals surface area contributed by atoms with Crippen LogP contribution in [0.1, 0.15) is 42.1 Å². The van der Waals surface area contributed by atoms with Gasteiger partial charge in [0.15, 0.2) is 34.7 Å². The molecule has 1 aromatic heterocycles. The molecule has 2 saturated carbocycles. The van der Waals surface area contributed by atoms with Gasteiger partial charge >= 0.3 is 0 Å². The van der Waals surface area contributed by atoms with E-state index in [2.05, 4.69) is 10.3 Å². The zero-order valence-corrected chi connectivity index (χ0v) is 23.4. The number of pyridine rings is 1. The van der Waals surface area contributed by atoms with Crippen molar-refractivity contribution in [2.24, 2.45) is 29.4 Å². The van der Waals surface area contributed by atoms with Gasteiger partial charge in [-0.05, 0) is 68.6 Å². The molecule has 3 aliphatic carbocycles. The fraction of sp³-hybridized carbons (Fsp3) is 0.433. The average Bonchev–Trinajstić information content (AvgIpc) is 2.91. The van der Waals surface area contributed by atoms with Crippen LogP contribution in [-0.2, 0) is 30.4 Å². The molecule has 1 aromatic carbocycles. The lowest BCUT2D eigenvalue weighted by Crippen LogP contribution is -2.74. The number of nitrogens with one attached hydrogen (secondary N) is 1. The number of hydrogen-bond acceptors (Lipinski definition) is 10. The first-order valence-electron chi connectivity index (χ1n) is 13.8. The molecular weight excluding hydrogens is 544 g/mol. The van der Waals surface area contributed by atoms with Gasteiger partial charge in [0.1, 0.15) is 11.6 Å². The van der Waals surface area contributed by atoms with Crippen LogP contribution in [0.5, 0.6) is 5.75 Å². The first kappa shape index (κ1) is 29.2. The van der Waals surface area contributed by atoms with E-state index in [0.717, 1.165) is 0 Å². The minimum atomic E-state index is -2.77. The van der Waals surface area contributed by atoms with E-state index in [-0.39, 0.29) is 30.1 Å². The number of Topliss-reactive ketones (excluding diaryl/α,β-unsaturated/α-hetero) is 4. The van der Waals surface area contributed by atoms with Crippen molar-refractivity contribution in [3.8, 4) is 16.9 Å². The van der Waals surface area contributed by atoms with Crippen LogP contribution in [0.15, 0.2) is 30.5 Å². The topological polar surface area (TPSA) is 197 Å². The third kappa shape index (κ3) is 4.33. The molecule has 12 heteroatoms. The molecule has 2 aromatic rings. The van der Waals surface area contributed by atoms with Gasteiger partial charge < -0.3 is 21.3 Å². The minimum Gasteiger partial charge on any atom is -0.507 e. The quantitative estimate of drug-likeness (QED) is 0.355. The largest absolute Gasteiger partial charge is 0.507 e. The highest BCUT2D eigenvalue weighted by molar-refractivity contribution is 6.32.